The van der Waals surface area contributed by atoms with Gasteiger partial charge in [0.1, 0.15) is 0 Å². The molecule has 116 valence electrons. The van der Waals surface area contributed by atoms with Gasteiger partial charge >= 0.3 is 0 Å². The van der Waals surface area contributed by atoms with E-state index >= 15 is 0 Å². The largest absolute Gasteiger partial charge is 0.303 e. The van der Waals surface area contributed by atoms with E-state index in [1.165, 1.54) is 57.2 Å². The van der Waals surface area contributed by atoms with Gasteiger partial charge in [-0.2, -0.15) is 5.10 Å². The van der Waals surface area contributed by atoms with Gasteiger partial charge in [-0.1, -0.05) is 19.3 Å². The number of fused-ring (bicyclic) bond motifs is 1. The molecule has 1 aromatic rings. The molecule has 1 aliphatic heterocycles. The first-order valence-electron chi connectivity index (χ1n) is 8.66. The van der Waals surface area contributed by atoms with Crippen molar-refractivity contribution in [1.29, 1.82) is 0 Å². The molecule has 1 N–H and O–H groups in total. The quantitative estimate of drug-likeness (QED) is 0.930. The molecule has 0 amide bonds. The molecule has 21 heavy (non-hydrogen) atoms. The first-order chi connectivity index (χ1) is 10.3. The minimum absolute atomic E-state index is 0.0414. The second-order valence-electron chi connectivity index (χ2n) is 6.52. The Morgan fingerprint density at radius 3 is 2.33 bits per heavy atom. The molecule has 4 nitrogen and oxygen atoms in total. The molecular weight excluding hydrogens is 262 g/mol. The number of aromatic nitrogens is 2. The Morgan fingerprint density at radius 1 is 0.905 bits per heavy atom. The lowest BCUT2D eigenvalue weighted by molar-refractivity contribution is 0.249. The van der Waals surface area contributed by atoms with Gasteiger partial charge in [-0.3, -0.25) is 4.79 Å². The van der Waals surface area contributed by atoms with Gasteiger partial charge in [0.25, 0.3) is 5.56 Å². The lowest BCUT2D eigenvalue weighted by Crippen LogP contribution is -2.31. The number of hydrogen-bond acceptors (Lipinski definition) is 3. The molecule has 1 fully saturated rings. The van der Waals surface area contributed by atoms with Gasteiger partial charge in [0.05, 0.1) is 5.69 Å². The molecular formula is C17H27N3O. The fourth-order valence-corrected chi connectivity index (χ4v) is 3.73. The van der Waals surface area contributed by atoms with Gasteiger partial charge in [-0.05, 0) is 57.2 Å². The summed E-state index contributed by atoms with van der Waals surface area (Å²) in [5, 5.41) is 7.07. The average molecular weight is 289 g/mol. The Balaban J connectivity index is 1.66. The minimum Gasteiger partial charge on any atom is -0.303 e. The van der Waals surface area contributed by atoms with Crippen LogP contribution in [0.3, 0.4) is 0 Å². The second-order valence-corrected chi connectivity index (χ2v) is 6.52. The van der Waals surface area contributed by atoms with Crippen LogP contribution in [0.2, 0.25) is 0 Å². The maximum absolute atomic E-state index is 11.9. The lowest BCUT2D eigenvalue weighted by Gasteiger charge is -2.25. The Kier molecular flexibility index (Phi) is 5.07. The van der Waals surface area contributed by atoms with Crippen LogP contribution in [0.1, 0.15) is 61.8 Å². The fraction of sp³-hybridized carbons (Fsp3) is 0.765. The van der Waals surface area contributed by atoms with E-state index in [1.807, 2.05) is 0 Å². The Hall–Kier alpha value is -1.16. The van der Waals surface area contributed by atoms with Crippen LogP contribution in [0.25, 0.3) is 0 Å². The SMILES string of the molecule is O=c1[nH]nc(CCN2CCCCCCC2)c2c1CCCC2. The highest BCUT2D eigenvalue weighted by atomic mass is 16.1. The first-order valence-corrected chi connectivity index (χ1v) is 8.66. The third-order valence-electron chi connectivity index (χ3n) is 5.00. The summed E-state index contributed by atoms with van der Waals surface area (Å²) >= 11 is 0. The maximum Gasteiger partial charge on any atom is 0.267 e. The van der Waals surface area contributed by atoms with Crippen molar-refractivity contribution >= 4 is 0 Å². The topological polar surface area (TPSA) is 49.0 Å². The van der Waals surface area contributed by atoms with Crippen molar-refractivity contribution in [3.63, 3.8) is 0 Å². The van der Waals surface area contributed by atoms with Gasteiger partial charge < -0.3 is 4.90 Å². The molecule has 4 heteroatoms. The van der Waals surface area contributed by atoms with E-state index in [4.69, 9.17) is 0 Å². The van der Waals surface area contributed by atoms with Gasteiger partial charge in [0.15, 0.2) is 0 Å². The summed E-state index contributed by atoms with van der Waals surface area (Å²) in [6, 6.07) is 0. The van der Waals surface area contributed by atoms with Gasteiger partial charge in [-0.25, -0.2) is 5.10 Å². The summed E-state index contributed by atoms with van der Waals surface area (Å²) in [4.78, 5) is 14.5. The molecule has 0 atom stereocenters. The van der Waals surface area contributed by atoms with Gasteiger partial charge in [0.2, 0.25) is 0 Å². The van der Waals surface area contributed by atoms with Crippen molar-refractivity contribution < 1.29 is 0 Å². The van der Waals surface area contributed by atoms with Crippen LogP contribution in [0.5, 0.6) is 0 Å². The van der Waals surface area contributed by atoms with E-state index < -0.39 is 0 Å². The number of nitrogens with one attached hydrogen (secondary N) is 1. The zero-order valence-corrected chi connectivity index (χ0v) is 13.0. The molecule has 0 saturated carbocycles. The number of aromatic amines is 1. The van der Waals surface area contributed by atoms with Crippen molar-refractivity contribution in [2.45, 2.75) is 64.2 Å². The normalized spacial score (nSPS) is 20.6. The Labute approximate surface area is 126 Å². The van der Waals surface area contributed by atoms with Crippen LogP contribution >= 0.6 is 0 Å². The molecule has 0 aromatic carbocycles. The predicted molar refractivity (Wildman–Crippen MR) is 84.7 cm³/mol. The van der Waals surface area contributed by atoms with Crippen molar-refractivity contribution in [2.75, 3.05) is 19.6 Å². The zero-order chi connectivity index (χ0) is 14.5. The van der Waals surface area contributed by atoms with Crippen LogP contribution in [0.15, 0.2) is 4.79 Å². The number of hydrogen-bond donors (Lipinski definition) is 1. The minimum atomic E-state index is 0.0414. The zero-order valence-electron chi connectivity index (χ0n) is 13.0. The smallest absolute Gasteiger partial charge is 0.267 e. The molecule has 0 unspecified atom stereocenters. The van der Waals surface area contributed by atoms with Crippen molar-refractivity contribution in [3.05, 3.63) is 27.2 Å². The highest BCUT2D eigenvalue weighted by molar-refractivity contribution is 5.30. The van der Waals surface area contributed by atoms with Crippen LogP contribution in [0.4, 0.5) is 0 Å². The van der Waals surface area contributed by atoms with Crippen molar-refractivity contribution in [1.82, 2.24) is 15.1 Å². The maximum atomic E-state index is 11.9. The Morgan fingerprint density at radius 2 is 1.57 bits per heavy atom. The molecule has 0 radical (unpaired) electrons. The van der Waals surface area contributed by atoms with Crippen LogP contribution in [-0.2, 0) is 19.3 Å². The Bertz CT molecular complexity index is 515. The highest BCUT2D eigenvalue weighted by Gasteiger charge is 2.18. The molecule has 0 spiro atoms. The van der Waals surface area contributed by atoms with E-state index in [1.54, 1.807) is 0 Å². The molecule has 0 bridgehead atoms. The lowest BCUT2D eigenvalue weighted by atomic mass is 9.91. The van der Waals surface area contributed by atoms with Gasteiger partial charge in [0, 0.05) is 18.5 Å². The van der Waals surface area contributed by atoms with E-state index in [9.17, 15) is 4.79 Å². The number of likely N-dealkylation sites (tertiary alicyclic amines) is 1. The van der Waals surface area contributed by atoms with Crippen molar-refractivity contribution in [2.24, 2.45) is 0 Å². The standard InChI is InChI=1S/C17H27N3O/c21-17-15-9-5-4-8-14(15)16(18-19-17)10-13-20-11-6-2-1-3-7-12-20/h1-13H2,(H,19,21). The van der Waals surface area contributed by atoms with E-state index in [2.05, 4.69) is 15.1 Å². The third-order valence-corrected chi connectivity index (χ3v) is 5.00. The third kappa shape index (κ3) is 3.73. The van der Waals surface area contributed by atoms with Crippen molar-refractivity contribution in [3.8, 4) is 0 Å². The summed E-state index contributed by atoms with van der Waals surface area (Å²) < 4.78 is 0. The number of rotatable bonds is 3. The molecule has 3 rings (SSSR count). The number of nitrogens with zero attached hydrogens (tertiary/aromatic N) is 2. The van der Waals surface area contributed by atoms with Crippen LogP contribution in [-0.4, -0.2) is 34.7 Å². The second kappa shape index (κ2) is 7.21. The van der Waals surface area contributed by atoms with Crippen LogP contribution in [0, 0.1) is 0 Å². The summed E-state index contributed by atoms with van der Waals surface area (Å²) in [6.45, 7) is 3.54. The molecule has 1 saturated heterocycles. The molecule has 1 aliphatic carbocycles. The molecule has 2 heterocycles. The van der Waals surface area contributed by atoms with Gasteiger partial charge in [-0.15, -0.1) is 0 Å². The van der Waals surface area contributed by atoms with E-state index in [0.717, 1.165) is 43.5 Å². The summed E-state index contributed by atoms with van der Waals surface area (Å²) in [7, 11) is 0. The van der Waals surface area contributed by atoms with E-state index in [-0.39, 0.29) is 5.56 Å². The first kappa shape index (κ1) is 14.8. The summed E-state index contributed by atoms with van der Waals surface area (Å²) in [5.41, 5.74) is 3.46. The highest BCUT2D eigenvalue weighted by Crippen LogP contribution is 2.20. The predicted octanol–water partition coefficient (Wildman–Crippen LogP) is 2.46. The summed E-state index contributed by atoms with van der Waals surface area (Å²) in [6.07, 6.45) is 12.1. The summed E-state index contributed by atoms with van der Waals surface area (Å²) in [5.74, 6) is 0. The monoisotopic (exact) mass is 289 g/mol. The van der Waals surface area contributed by atoms with E-state index in [0.29, 0.717) is 0 Å². The molecule has 1 aromatic heterocycles. The average Bonchev–Trinajstić information content (AvgIpc) is 2.48. The van der Waals surface area contributed by atoms with Crippen LogP contribution < -0.4 is 5.56 Å². The fourth-order valence-electron chi connectivity index (χ4n) is 3.73. The molecule has 2 aliphatic rings. The number of H-pyrrole nitrogens is 1.